The number of aryl methyl sites for hydroxylation is 1. The molecule has 1 aliphatic heterocycles. The molecule has 5 nitrogen and oxygen atoms in total. The summed E-state index contributed by atoms with van der Waals surface area (Å²) >= 11 is 0. The van der Waals surface area contributed by atoms with Gasteiger partial charge in [-0.25, -0.2) is 18.2 Å². The van der Waals surface area contributed by atoms with E-state index in [-0.39, 0.29) is 6.04 Å². The Balaban J connectivity index is 0.00000102. The van der Waals surface area contributed by atoms with Gasteiger partial charge in [0.2, 0.25) is 6.93 Å². The number of rotatable bonds is 5. The van der Waals surface area contributed by atoms with Gasteiger partial charge in [-0.15, -0.1) is 0 Å². The average molecular weight is 506 g/mol. The molecule has 0 bridgehead atoms. The van der Waals surface area contributed by atoms with Crippen LogP contribution in [0.4, 0.5) is 24.5 Å². The van der Waals surface area contributed by atoms with Crippen molar-refractivity contribution in [3.05, 3.63) is 82.0 Å². The highest BCUT2D eigenvalue weighted by atomic mass is 19.3. The van der Waals surface area contributed by atoms with Crippen LogP contribution in [0.25, 0.3) is 29.2 Å². The molecule has 1 aromatic carbocycles. The fourth-order valence-corrected chi connectivity index (χ4v) is 4.36. The standard InChI is InChI=1S/C28H28FN5.CH2F2/c1-18(2)31-25-16-28-26(15-24(25)32-22-11-7-13-30-19(22)3)33-23-10-4-5-12-27(23)34(28)21-9-6-8-20(14-21)17-29;2-1-3/h6-16,18,32H,4-5,17H2,1-3H3;1H2. The Labute approximate surface area is 214 Å². The van der Waals surface area contributed by atoms with Crippen molar-refractivity contribution in [2.75, 3.05) is 12.2 Å². The van der Waals surface area contributed by atoms with Crippen molar-refractivity contribution in [3.63, 3.8) is 0 Å². The lowest BCUT2D eigenvalue weighted by Gasteiger charge is -2.21. The molecule has 37 heavy (non-hydrogen) atoms. The number of fused-ring (bicyclic) bond motifs is 2. The lowest BCUT2D eigenvalue weighted by molar-refractivity contribution is 0.295. The summed E-state index contributed by atoms with van der Waals surface area (Å²) in [4.78, 5) is 14.3. The zero-order chi connectivity index (χ0) is 26.4. The second-order valence-corrected chi connectivity index (χ2v) is 8.95. The number of hydrogen-bond donors (Lipinski definition) is 1. The average Bonchev–Trinajstić information content (AvgIpc) is 2.89. The van der Waals surface area contributed by atoms with Crippen LogP contribution in [0.15, 0.2) is 59.7 Å². The highest BCUT2D eigenvalue weighted by Crippen LogP contribution is 2.25. The van der Waals surface area contributed by atoms with Gasteiger partial charge in [0, 0.05) is 17.9 Å². The molecule has 0 saturated heterocycles. The lowest BCUT2D eigenvalue weighted by Crippen LogP contribution is -2.40. The molecule has 3 aliphatic rings. The van der Waals surface area contributed by atoms with Crippen molar-refractivity contribution in [2.24, 2.45) is 4.99 Å². The van der Waals surface area contributed by atoms with Crippen LogP contribution in [0.2, 0.25) is 0 Å². The molecule has 1 N–H and O–H groups in total. The van der Waals surface area contributed by atoms with Crippen LogP contribution < -0.4 is 21.4 Å². The van der Waals surface area contributed by atoms with Crippen LogP contribution in [0.5, 0.6) is 0 Å². The molecule has 0 atom stereocenters. The van der Waals surface area contributed by atoms with E-state index in [2.05, 4.69) is 53.0 Å². The molecule has 0 amide bonds. The molecule has 192 valence electrons. The maximum atomic E-state index is 13.5. The van der Waals surface area contributed by atoms with Crippen LogP contribution in [-0.4, -0.2) is 27.5 Å². The van der Waals surface area contributed by atoms with Crippen molar-refractivity contribution in [1.82, 2.24) is 14.5 Å². The molecule has 0 fully saturated rings. The summed E-state index contributed by atoms with van der Waals surface area (Å²) in [5.41, 5.74) is 6.09. The Hall–Kier alpha value is -3.94. The summed E-state index contributed by atoms with van der Waals surface area (Å²) in [6.45, 7) is 3.86. The van der Waals surface area contributed by atoms with E-state index in [1.165, 1.54) is 0 Å². The second-order valence-electron chi connectivity index (χ2n) is 8.95. The predicted octanol–water partition coefficient (Wildman–Crippen LogP) is 5.44. The van der Waals surface area contributed by atoms with E-state index in [0.717, 1.165) is 63.0 Å². The first-order chi connectivity index (χ1) is 17.9. The molecular formula is C29H30F3N5. The van der Waals surface area contributed by atoms with Crippen molar-refractivity contribution in [2.45, 2.75) is 46.3 Å². The summed E-state index contributed by atoms with van der Waals surface area (Å²) in [5.74, 6) is 0. The summed E-state index contributed by atoms with van der Waals surface area (Å²) < 4.78 is 34.9. The fourth-order valence-electron chi connectivity index (χ4n) is 4.36. The number of nitrogens with one attached hydrogen (secondary N) is 1. The molecule has 2 heterocycles. The molecule has 0 spiro atoms. The summed E-state index contributed by atoms with van der Waals surface area (Å²) in [7, 11) is 0. The number of anilines is 2. The smallest absolute Gasteiger partial charge is 0.229 e. The van der Waals surface area contributed by atoms with Gasteiger partial charge in [0.15, 0.2) is 0 Å². The van der Waals surface area contributed by atoms with Crippen LogP contribution >= 0.6 is 0 Å². The van der Waals surface area contributed by atoms with Crippen LogP contribution in [0.1, 0.15) is 37.9 Å². The molecule has 0 radical (unpaired) electrons. The van der Waals surface area contributed by atoms with E-state index in [0.29, 0.717) is 5.56 Å². The summed E-state index contributed by atoms with van der Waals surface area (Å²) in [6, 6.07) is 15.8. The third-order valence-electron chi connectivity index (χ3n) is 5.92. The minimum Gasteiger partial charge on any atom is -0.352 e. The quantitative estimate of drug-likeness (QED) is 0.393. The molecule has 0 saturated carbocycles. The van der Waals surface area contributed by atoms with Crippen LogP contribution in [0.3, 0.4) is 0 Å². The van der Waals surface area contributed by atoms with Gasteiger partial charge in [0.25, 0.3) is 0 Å². The number of nitrogens with zero attached hydrogens (tertiary/aromatic N) is 4. The minimum absolute atomic E-state index is 0.113. The zero-order valence-electron chi connectivity index (χ0n) is 21.2. The normalized spacial score (nSPS) is 12.9. The number of benzene rings is 2. The molecule has 0 unspecified atom stereocenters. The van der Waals surface area contributed by atoms with Gasteiger partial charge >= 0.3 is 0 Å². The zero-order valence-corrected chi connectivity index (χ0v) is 21.2. The Bertz CT molecular complexity index is 1540. The monoisotopic (exact) mass is 505 g/mol. The highest BCUT2D eigenvalue weighted by Gasteiger charge is 2.17. The largest absolute Gasteiger partial charge is 0.352 e. The van der Waals surface area contributed by atoms with Gasteiger partial charge in [-0.3, -0.25) is 9.98 Å². The maximum absolute atomic E-state index is 13.5. The van der Waals surface area contributed by atoms with Gasteiger partial charge in [-0.1, -0.05) is 24.3 Å². The van der Waals surface area contributed by atoms with E-state index in [4.69, 9.17) is 9.98 Å². The van der Waals surface area contributed by atoms with Gasteiger partial charge in [0.1, 0.15) is 6.67 Å². The first kappa shape index (κ1) is 26.1. The van der Waals surface area contributed by atoms with Crippen molar-refractivity contribution < 1.29 is 13.2 Å². The van der Waals surface area contributed by atoms with Crippen molar-refractivity contribution >= 4 is 23.5 Å². The number of aromatic nitrogens is 3. The van der Waals surface area contributed by atoms with Crippen molar-refractivity contribution in [1.29, 1.82) is 0 Å². The van der Waals surface area contributed by atoms with Gasteiger partial charge in [0.05, 0.1) is 44.5 Å². The lowest BCUT2D eigenvalue weighted by atomic mass is 10.1. The number of pyridine rings is 1. The first-order valence-electron chi connectivity index (χ1n) is 12.2. The first-order valence-corrected chi connectivity index (χ1v) is 12.2. The Morgan fingerprint density at radius 3 is 2.51 bits per heavy atom. The van der Waals surface area contributed by atoms with Crippen LogP contribution in [0, 0.1) is 6.92 Å². The summed E-state index contributed by atoms with van der Waals surface area (Å²) in [5, 5.41) is 6.35. The second kappa shape index (κ2) is 11.9. The topological polar surface area (TPSA) is 55.1 Å². The molecular weight excluding hydrogens is 475 g/mol. The van der Waals surface area contributed by atoms with E-state index in [9.17, 15) is 13.2 Å². The minimum atomic E-state index is -1.75. The number of hydrogen-bond acceptors (Lipinski definition) is 4. The summed E-state index contributed by atoms with van der Waals surface area (Å²) in [6.07, 6.45) is 8.08. The molecule has 5 rings (SSSR count). The Kier molecular flexibility index (Phi) is 8.38. The molecule has 8 heteroatoms. The number of alkyl halides is 3. The molecule has 2 aromatic rings. The Morgan fingerprint density at radius 2 is 1.78 bits per heavy atom. The van der Waals surface area contributed by atoms with Crippen molar-refractivity contribution in [3.8, 4) is 17.1 Å². The highest BCUT2D eigenvalue weighted by molar-refractivity contribution is 5.71. The van der Waals surface area contributed by atoms with E-state index >= 15 is 0 Å². The van der Waals surface area contributed by atoms with E-state index in [1.807, 2.05) is 43.3 Å². The van der Waals surface area contributed by atoms with E-state index in [1.54, 1.807) is 6.20 Å². The Morgan fingerprint density at radius 1 is 1.00 bits per heavy atom. The predicted molar refractivity (Wildman–Crippen MR) is 142 cm³/mol. The number of halogens is 3. The third-order valence-corrected chi connectivity index (χ3v) is 5.92. The van der Waals surface area contributed by atoms with Gasteiger partial charge in [-0.05, 0) is 75.6 Å². The fraction of sp³-hybridized carbons (Fsp3) is 0.276. The molecule has 1 aromatic heterocycles. The van der Waals surface area contributed by atoms with Crippen LogP contribution in [-0.2, 0) is 6.67 Å². The molecule has 2 aliphatic carbocycles. The van der Waals surface area contributed by atoms with E-state index < -0.39 is 13.6 Å². The SMILES string of the molecule is Cc1ncccc1Nc1cc2nc3c(n(-c4cccc(CF)c4)c-2cc1=NC(C)C)=CCCC=3.FCF. The maximum Gasteiger partial charge on any atom is 0.229 e. The van der Waals surface area contributed by atoms with Gasteiger partial charge < -0.3 is 9.88 Å². The third kappa shape index (κ3) is 5.90. The van der Waals surface area contributed by atoms with Gasteiger partial charge in [-0.2, -0.15) is 0 Å².